The molecule has 21 heavy (non-hydrogen) atoms. The Labute approximate surface area is 125 Å². The number of nitrogens with two attached hydrogens (primary N) is 1. The van der Waals surface area contributed by atoms with Crippen LogP contribution < -0.4 is 5.73 Å². The van der Waals surface area contributed by atoms with Gasteiger partial charge in [0.15, 0.2) is 0 Å². The molecule has 6 nitrogen and oxygen atoms in total. The van der Waals surface area contributed by atoms with E-state index in [2.05, 4.69) is 5.10 Å². The van der Waals surface area contributed by atoms with Crippen LogP contribution in [-0.4, -0.2) is 39.6 Å². The lowest BCUT2D eigenvalue weighted by Gasteiger charge is -2.24. The number of ether oxygens (including phenoxy) is 1. The van der Waals surface area contributed by atoms with Gasteiger partial charge in [0, 0.05) is 19.4 Å². The highest BCUT2D eigenvalue weighted by Gasteiger charge is 2.26. The number of hydrogen-bond donors (Lipinski definition) is 2. The Morgan fingerprint density at radius 2 is 2.24 bits per heavy atom. The summed E-state index contributed by atoms with van der Waals surface area (Å²) in [4.78, 5) is 11.8. The molecule has 0 bridgehead atoms. The van der Waals surface area contributed by atoms with E-state index < -0.39 is 5.60 Å². The molecule has 118 valence electrons. The largest absolute Gasteiger partial charge is 0.389 e. The average molecular weight is 295 g/mol. The molecule has 1 atom stereocenters. The van der Waals surface area contributed by atoms with Crippen molar-refractivity contribution in [2.75, 3.05) is 13.2 Å². The zero-order chi connectivity index (χ0) is 15.5. The third kappa shape index (κ3) is 4.82. The van der Waals surface area contributed by atoms with Crippen LogP contribution in [0.2, 0.25) is 0 Å². The summed E-state index contributed by atoms with van der Waals surface area (Å²) in [7, 11) is 0. The maximum Gasteiger partial charge on any atom is 0.226 e. The van der Waals surface area contributed by atoms with Gasteiger partial charge in [-0.3, -0.25) is 9.48 Å². The van der Waals surface area contributed by atoms with Crippen molar-refractivity contribution in [1.82, 2.24) is 9.78 Å². The number of carbonyl (C=O) groups excluding carboxylic acids is 1. The summed E-state index contributed by atoms with van der Waals surface area (Å²) in [5.41, 5.74) is 5.41. The zero-order valence-corrected chi connectivity index (χ0v) is 12.8. The van der Waals surface area contributed by atoms with Gasteiger partial charge in [-0.2, -0.15) is 5.10 Å². The first-order valence-electron chi connectivity index (χ1n) is 7.48. The van der Waals surface area contributed by atoms with Crippen molar-refractivity contribution < 1.29 is 14.6 Å². The highest BCUT2D eigenvalue weighted by molar-refractivity contribution is 5.81. The predicted molar refractivity (Wildman–Crippen MR) is 78.6 cm³/mol. The van der Waals surface area contributed by atoms with Crippen molar-refractivity contribution in [2.45, 2.75) is 51.2 Å². The van der Waals surface area contributed by atoms with Gasteiger partial charge in [0.1, 0.15) is 0 Å². The fourth-order valence-corrected chi connectivity index (χ4v) is 2.75. The second kappa shape index (κ2) is 6.58. The van der Waals surface area contributed by atoms with Gasteiger partial charge in [0.2, 0.25) is 5.91 Å². The molecule has 0 spiro atoms. The van der Waals surface area contributed by atoms with Crippen LogP contribution in [0.5, 0.6) is 0 Å². The third-order valence-corrected chi connectivity index (χ3v) is 3.82. The van der Waals surface area contributed by atoms with Crippen LogP contribution in [0, 0.1) is 5.92 Å². The normalized spacial score (nSPS) is 18.6. The molecule has 3 N–H and O–H groups in total. The van der Waals surface area contributed by atoms with Gasteiger partial charge in [-0.15, -0.1) is 0 Å². The van der Waals surface area contributed by atoms with Gasteiger partial charge >= 0.3 is 0 Å². The van der Waals surface area contributed by atoms with Crippen LogP contribution in [0.1, 0.15) is 44.7 Å². The van der Waals surface area contributed by atoms with Crippen LogP contribution in [-0.2, 0) is 16.1 Å². The predicted octanol–water partition coefficient (Wildman–Crippen LogP) is 1.04. The van der Waals surface area contributed by atoms with Crippen molar-refractivity contribution in [2.24, 2.45) is 11.7 Å². The molecule has 1 aliphatic rings. The van der Waals surface area contributed by atoms with E-state index >= 15 is 0 Å². The van der Waals surface area contributed by atoms with E-state index in [4.69, 9.17) is 10.5 Å². The standard InChI is InChI=1S/C15H25N3O3/c1-15(2,20)10-18-6-3-13(17-18)12(14(16)19)9-11-4-7-21-8-5-11/h3,6,11-12,20H,4-5,7-10H2,1-2H3,(H2,16,19). The SMILES string of the molecule is CC(C)(O)Cn1ccc(C(CC2CCOCC2)C(N)=O)n1. The number of hydrogen-bond acceptors (Lipinski definition) is 4. The van der Waals surface area contributed by atoms with Crippen LogP contribution >= 0.6 is 0 Å². The molecule has 1 fully saturated rings. The van der Waals surface area contributed by atoms with Gasteiger partial charge in [-0.1, -0.05) is 0 Å². The van der Waals surface area contributed by atoms with Crippen molar-refractivity contribution in [3.05, 3.63) is 18.0 Å². The number of aliphatic hydroxyl groups is 1. The van der Waals surface area contributed by atoms with Gasteiger partial charge in [0.25, 0.3) is 0 Å². The molecule has 6 heteroatoms. The molecule has 1 aromatic rings. The maximum atomic E-state index is 11.8. The highest BCUT2D eigenvalue weighted by Crippen LogP contribution is 2.28. The summed E-state index contributed by atoms with van der Waals surface area (Å²) in [6.07, 6.45) is 4.44. The maximum absolute atomic E-state index is 11.8. The van der Waals surface area contributed by atoms with Gasteiger partial charge in [-0.05, 0) is 45.1 Å². The van der Waals surface area contributed by atoms with Crippen molar-refractivity contribution in [1.29, 1.82) is 0 Å². The third-order valence-electron chi connectivity index (χ3n) is 3.82. The summed E-state index contributed by atoms with van der Waals surface area (Å²) in [5.74, 6) is -0.248. The number of primary amides is 1. The second-order valence-electron chi connectivity index (χ2n) is 6.50. The molecule has 1 unspecified atom stereocenters. The minimum atomic E-state index is -0.841. The number of carbonyl (C=O) groups is 1. The van der Waals surface area contributed by atoms with Crippen molar-refractivity contribution in [3.8, 4) is 0 Å². The Morgan fingerprint density at radius 1 is 1.57 bits per heavy atom. The topological polar surface area (TPSA) is 90.4 Å². The smallest absolute Gasteiger partial charge is 0.226 e. The number of rotatable bonds is 6. The molecular formula is C15H25N3O3. The number of nitrogens with zero attached hydrogens (tertiary/aromatic N) is 2. The molecule has 0 aromatic carbocycles. The molecule has 0 saturated carbocycles. The zero-order valence-electron chi connectivity index (χ0n) is 12.8. The van der Waals surface area contributed by atoms with Crippen LogP contribution in [0.25, 0.3) is 0 Å². The monoisotopic (exact) mass is 295 g/mol. The van der Waals surface area contributed by atoms with Crippen LogP contribution in [0.3, 0.4) is 0 Å². The lowest BCUT2D eigenvalue weighted by Crippen LogP contribution is -2.28. The molecule has 0 radical (unpaired) electrons. The van der Waals surface area contributed by atoms with Gasteiger partial charge < -0.3 is 15.6 Å². The van der Waals surface area contributed by atoms with E-state index in [1.165, 1.54) is 0 Å². The van der Waals surface area contributed by atoms with E-state index in [9.17, 15) is 9.90 Å². The first-order chi connectivity index (χ1) is 9.85. The Kier molecular flexibility index (Phi) is 5.00. The molecule has 1 aliphatic heterocycles. The number of amides is 1. The molecular weight excluding hydrogens is 270 g/mol. The fourth-order valence-electron chi connectivity index (χ4n) is 2.75. The molecule has 1 amide bonds. The van der Waals surface area contributed by atoms with E-state index in [0.717, 1.165) is 32.5 Å². The van der Waals surface area contributed by atoms with Gasteiger partial charge in [0.05, 0.1) is 23.8 Å². The Morgan fingerprint density at radius 3 is 2.81 bits per heavy atom. The van der Waals surface area contributed by atoms with E-state index in [-0.39, 0.29) is 11.8 Å². The van der Waals surface area contributed by atoms with Crippen LogP contribution in [0.4, 0.5) is 0 Å². The molecule has 0 aliphatic carbocycles. The van der Waals surface area contributed by atoms with Crippen LogP contribution in [0.15, 0.2) is 12.3 Å². The first kappa shape index (κ1) is 16.0. The van der Waals surface area contributed by atoms with E-state index in [1.807, 2.05) is 6.07 Å². The average Bonchev–Trinajstić information content (AvgIpc) is 2.82. The van der Waals surface area contributed by atoms with Crippen molar-refractivity contribution >= 4 is 5.91 Å². The summed E-state index contributed by atoms with van der Waals surface area (Å²) in [6, 6.07) is 1.82. The van der Waals surface area contributed by atoms with Gasteiger partial charge in [-0.25, -0.2) is 0 Å². The second-order valence-corrected chi connectivity index (χ2v) is 6.50. The summed E-state index contributed by atoms with van der Waals surface area (Å²) < 4.78 is 7.00. The highest BCUT2D eigenvalue weighted by atomic mass is 16.5. The Balaban J connectivity index is 2.05. The summed E-state index contributed by atoms with van der Waals surface area (Å²) in [5, 5.41) is 14.2. The van der Waals surface area contributed by atoms with Crippen molar-refractivity contribution in [3.63, 3.8) is 0 Å². The lowest BCUT2D eigenvalue weighted by molar-refractivity contribution is -0.120. The molecule has 2 heterocycles. The minimum absolute atomic E-state index is 0.338. The Bertz CT molecular complexity index is 473. The lowest BCUT2D eigenvalue weighted by atomic mass is 9.87. The fraction of sp³-hybridized carbons (Fsp3) is 0.733. The molecule has 2 rings (SSSR count). The number of aromatic nitrogens is 2. The summed E-state index contributed by atoms with van der Waals surface area (Å²) in [6.45, 7) is 5.34. The van der Waals surface area contributed by atoms with E-state index in [0.29, 0.717) is 18.2 Å². The Hall–Kier alpha value is -1.40. The molecule has 1 aromatic heterocycles. The summed E-state index contributed by atoms with van der Waals surface area (Å²) >= 11 is 0. The van der Waals surface area contributed by atoms with E-state index in [1.54, 1.807) is 24.7 Å². The quantitative estimate of drug-likeness (QED) is 0.820. The minimum Gasteiger partial charge on any atom is -0.389 e. The molecule has 1 saturated heterocycles. The first-order valence-corrected chi connectivity index (χ1v) is 7.48.